The monoisotopic (exact) mass is 420 g/mol. The van der Waals surface area contributed by atoms with Gasteiger partial charge < -0.3 is 10.2 Å². The van der Waals surface area contributed by atoms with Crippen molar-refractivity contribution in [3.8, 4) is 0 Å². The van der Waals surface area contributed by atoms with Gasteiger partial charge in [-0.15, -0.1) is 0 Å². The third-order valence-corrected chi connectivity index (χ3v) is 10.5. The van der Waals surface area contributed by atoms with E-state index in [9.17, 15) is 14.6 Å². The minimum Gasteiger partial charge on any atom is -0.393 e. The lowest BCUT2D eigenvalue weighted by molar-refractivity contribution is -0.0589. The van der Waals surface area contributed by atoms with Crippen molar-refractivity contribution in [1.29, 1.82) is 0 Å². The zero-order valence-corrected chi connectivity index (χ0v) is 20.0. The number of fused-ring (bicyclic) bond motifs is 5. The number of halogens is 1. The van der Waals surface area contributed by atoms with E-state index in [0.29, 0.717) is 29.1 Å². The molecule has 3 saturated carbocycles. The highest BCUT2D eigenvalue weighted by Gasteiger charge is 2.59. The molecular formula is C27H45FO2. The summed E-state index contributed by atoms with van der Waals surface area (Å²) in [4.78, 5) is 0. The normalized spacial score (nSPS) is 45.7. The van der Waals surface area contributed by atoms with Gasteiger partial charge in [0.1, 0.15) is 5.67 Å². The molecule has 2 N–H and O–H groups in total. The van der Waals surface area contributed by atoms with E-state index in [4.69, 9.17) is 0 Å². The number of hydrogen-bond acceptors (Lipinski definition) is 2. The molecule has 0 bridgehead atoms. The Bertz CT molecular complexity index is 666. The van der Waals surface area contributed by atoms with Crippen LogP contribution in [-0.4, -0.2) is 28.1 Å². The molecule has 4 rings (SSSR count). The summed E-state index contributed by atoms with van der Waals surface area (Å²) in [6.45, 7) is 10.4. The van der Waals surface area contributed by atoms with E-state index in [0.717, 1.165) is 43.4 Å². The number of alkyl halides is 1. The highest BCUT2D eigenvalue weighted by Crippen LogP contribution is 2.67. The van der Waals surface area contributed by atoms with Crippen LogP contribution in [0.3, 0.4) is 0 Å². The van der Waals surface area contributed by atoms with Crippen molar-refractivity contribution in [2.24, 2.45) is 40.4 Å². The SMILES string of the molecule is C[C@H](CCC(O)C(C)(C)F)[C@H]1CC[C@H]2[C@@H]3CC=C4C[C@@H](O)CC[C@]4(C)[C@H]3CC[C@]12C. The molecule has 172 valence electrons. The molecule has 0 aromatic heterocycles. The number of aliphatic hydroxyl groups excluding tert-OH is 2. The first-order valence-electron chi connectivity index (χ1n) is 12.7. The van der Waals surface area contributed by atoms with Crippen LogP contribution >= 0.6 is 0 Å². The van der Waals surface area contributed by atoms with Crippen molar-refractivity contribution in [2.75, 3.05) is 0 Å². The predicted octanol–water partition coefficient (Wildman–Crippen LogP) is 6.45. The first-order chi connectivity index (χ1) is 14.0. The maximum atomic E-state index is 14.1. The van der Waals surface area contributed by atoms with Gasteiger partial charge in [0, 0.05) is 0 Å². The van der Waals surface area contributed by atoms with Crippen LogP contribution in [0.4, 0.5) is 4.39 Å². The van der Waals surface area contributed by atoms with Crippen molar-refractivity contribution in [3.05, 3.63) is 11.6 Å². The van der Waals surface area contributed by atoms with Crippen molar-refractivity contribution >= 4 is 0 Å². The quantitative estimate of drug-likeness (QED) is 0.502. The van der Waals surface area contributed by atoms with E-state index in [1.807, 2.05) is 0 Å². The fraction of sp³-hybridized carbons (Fsp3) is 0.926. The van der Waals surface area contributed by atoms with Gasteiger partial charge >= 0.3 is 0 Å². The minimum absolute atomic E-state index is 0.129. The first-order valence-corrected chi connectivity index (χ1v) is 12.7. The topological polar surface area (TPSA) is 40.5 Å². The molecule has 4 aliphatic rings. The number of aliphatic hydroxyl groups is 2. The molecule has 30 heavy (non-hydrogen) atoms. The van der Waals surface area contributed by atoms with Crippen LogP contribution in [0.2, 0.25) is 0 Å². The Hall–Kier alpha value is -0.410. The van der Waals surface area contributed by atoms with Gasteiger partial charge in [-0.1, -0.05) is 32.4 Å². The molecule has 4 aliphatic carbocycles. The van der Waals surface area contributed by atoms with Crippen LogP contribution < -0.4 is 0 Å². The summed E-state index contributed by atoms with van der Waals surface area (Å²) >= 11 is 0. The van der Waals surface area contributed by atoms with Crippen LogP contribution in [0.5, 0.6) is 0 Å². The minimum atomic E-state index is -1.50. The van der Waals surface area contributed by atoms with Gasteiger partial charge in [0.05, 0.1) is 12.2 Å². The Morgan fingerprint density at radius 1 is 1.10 bits per heavy atom. The Morgan fingerprint density at radius 2 is 1.83 bits per heavy atom. The largest absolute Gasteiger partial charge is 0.393 e. The second-order valence-electron chi connectivity index (χ2n) is 12.5. The molecule has 9 atom stereocenters. The van der Waals surface area contributed by atoms with Gasteiger partial charge in [-0.25, -0.2) is 4.39 Å². The van der Waals surface area contributed by atoms with E-state index in [2.05, 4.69) is 26.8 Å². The molecule has 0 aromatic rings. The Kier molecular flexibility index (Phi) is 5.97. The van der Waals surface area contributed by atoms with Crippen molar-refractivity contribution < 1.29 is 14.6 Å². The first kappa shape index (κ1) is 22.8. The lowest BCUT2D eigenvalue weighted by Gasteiger charge is -2.58. The third-order valence-electron chi connectivity index (χ3n) is 10.5. The maximum absolute atomic E-state index is 14.1. The average molecular weight is 421 g/mol. The summed E-state index contributed by atoms with van der Waals surface area (Å²) in [6.07, 6.45) is 12.5. The molecule has 0 aliphatic heterocycles. The lowest BCUT2D eigenvalue weighted by atomic mass is 9.47. The smallest absolute Gasteiger partial charge is 0.131 e. The fourth-order valence-corrected chi connectivity index (χ4v) is 8.58. The summed E-state index contributed by atoms with van der Waals surface area (Å²) in [6, 6.07) is 0. The van der Waals surface area contributed by atoms with E-state index in [1.165, 1.54) is 46.0 Å². The molecule has 0 aromatic carbocycles. The lowest BCUT2D eigenvalue weighted by Crippen LogP contribution is -2.50. The number of rotatable bonds is 5. The van der Waals surface area contributed by atoms with Crippen LogP contribution in [0, 0.1) is 40.4 Å². The Balaban J connectivity index is 1.47. The van der Waals surface area contributed by atoms with Gasteiger partial charge in [0.2, 0.25) is 0 Å². The van der Waals surface area contributed by atoms with Gasteiger partial charge in [-0.05, 0) is 118 Å². The molecule has 0 amide bonds. The van der Waals surface area contributed by atoms with Crippen molar-refractivity contribution in [1.82, 2.24) is 0 Å². The molecule has 3 fully saturated rings. The molecule has 0 radical (unpaired) electrons. The van der Waals surface area contributed by atoms with Gasteiger partial charge in [-0.2, -0.15) is 0 Å². The molecule has 0 saturated heterocycles. The standard InChI is InChI=1S/C27H45FO2/c1-17(6-11-24(30)25(2,3)28)21-9-10-22-20-8-7-18-16-19(29)12-14-26(18,4)23(20)13-15-27(21,22)5/h7,17,19-24,29-30H,6,8-16H2,1-5H3/t17-,19+,20+,21-,22+,23+,24?,26+,27-/m1/s1. The average Bonchev–Trinajstić information content (AvgIpc) is 3.03. The van der Waals surface area contributed by atoms with Crippen molar-refractivity contribution in [3.63, 3.8) is 0 Å². The van der Waals surface area contributed by atoms with Crippen LogP contribution in [0.15, 0.2) is 11.6 Å². The zero-order chi connectivity index (χ0) is 21.9. The molecule has 2 nitrogen and oxygen atoms in total. The molecule has 0 heterocycles. The highest BCUT2D eigenvalue weighted by atomic mass is 19.1. The van der Waals surface area contributed by atoms with E-state index >= 15 is 0 Å². The second-order valence-corrected chi connectivity index (χ2v) is 12.5. The molecule has 0 spiro atoms. The van der Waals surface area contributed by atoms with Crippen molar-refractivity contribution in [2.45, 2.75) is 117 Å². The summed E-state index contributed by atoms with van der Waals surface area (Å²) in [5, 5.41) is 20.4. The number of allylic oxidation sites excluding steroid dienone is 1. The summed E-state index contributed by atoms with van der Waals surface area (Å²) in [7, 11) is 0. The van der Waals surface area contributed by atoms with Gasteiger partial charge in [-0.3, -0.25) is 0 Å². The predicted molar refractivity (Wildman–Crippen MR) is 121 cm³/mol. The summed E-state index contributed by atoms with van der Waals surface area (Å²) in [5.41, 5.74) is 0.753. The van der Waals surface area contributed by atoms with E-state index in [-0.39, 0.29) is 6.10 Å². The Labute approximate surface area is 183 Å². The molecular weight excluding hydrogens is 375 g/mol. The van der Waals surface area contributed by atoms with Crippen LogP contribution in [0.1, 0.15) is 98.8 Å². The summed E-state index contributed by atoms with van der Waals surface area (Å²) in [5.74, 6) is 3.62. The zero-order valence-electron chi connectivity index (χ0n) is 20.0. The van der Waals surface area contributed by atoms with Gasteiger partial charge in [0.15, 0.2) is 0 Å². The second kappa shape index (κ2) is 7.87. The number of hydrogen-bond donors (Lipinski definition) is 2. The Morgan fingerprint density at radius 3 is 2.53 bits per heavy atom. The highest BCUT2D eigenvalue weighted by molar-refractivity contribution is 5.25. The fourth-order valence-electron chi connectivity index (χ4n) is 8.58. The van der Waals surface area contributed by atoms with E-state index in [1.54, 1.807) is 5.57 Å². The molecule has 3 heteroatoms. The van der Waals surface area contributed by atoms with Crippen LogP contribution in [-0.2, 0) is 0 Å². The summed E-state index contributed by atoms with van der Waals surface area (Å²) < 4.78 is 14.1. The van der Waals surface area contributed by atoms with Crippen LogP contribution in [0.25, 0.3) is 0 Å². The molecule has 1 unspecified atom stereocenters. The van der Waals surface area contributed by atoms with Gasteiger partial charge in [0.25, 0.3) is 0 Å². The van der Waals surface area contributed by atoms with E-state index < -0.39 is 11.8 Å². The third kappa shape index (κ3) is 3.70. The maximum Gasteiger partial charge on any atom is 0.131 e.